The fourth-order valence-corrected chi connectivity index (χ4v) is 4.39. The molecule has 1 N–H and O–H groups in total. The van der Waals surface area contributed by atoms with Crippen LogP contribution < -0.4 is 0 Å². The summed E-state index contributed by atoms with van der Waals surface area (Å²) in [5.41, 5.74) is 6.94. The normalized spacial score (nSPS) is 16.3. The molecule has 0 saturated heterocycles. The summed E-state index contributed by atoms with van der Waals surface area (Å²) >= 11 is 7.69. The molecule has 0 spiro atoms. The minimum Gasteiger partial charge on any atom is -0.327 e. The van der Waals surface area contributed by atoms with Crippen LogP contribution in [0, 0.1) is 0 Å². The number of thiazole rings is 1. The Morgan fingerprint density at radius 3 is 2.85 bits per heavy atom. The van der Waals surface area contributed by atoms with Crippen molar-refractivity contribution in [3.8, 4) is 0 Å². The number of benzene rings is 2. The van der Waals surface area contributed by atoms with E-state index < -0.39 is 0 Å². The number of hydrogen-bond donors (Lipinski definition) is 1. The van der Waals surface area contributed by atoms with Crippen LogP contribution in [-0.4, -0.2) is 31.2 Å². The molecule has 27 heavy (non-hydrogen) atoms. The molecule has 2 aromatic carbocycles. The predicted octanol–water partition coefficient (Wildman–Crippen LogP) is 4.01. The van der Waals surface area contributed by atoms with Gasteiger partial charge in [-0.1, -0.05) is 35.9 Å². The highest BCUT2D eigenvalue weighted by molar-refractivity contribution is 7.14. The molecule has 3 heterocycles. The van der Waals surface area contributed by atoms with Crippen LogP contribution >= 0.6 is 22.9 Å². The summed E-state index contributed by atoms with van der Waals surface area (Å²) in [5, 5.41) is 10.8. The highest BCUT2D eigenvalue weighted by Gasteiger charge is 2.37. The van der Waals surface area contributed by atoms with Crippen LogP contribution in [0.1, 0.15) is 33.2 Å². The third-order valence-electron chi connectivity index (χ3n) is 4.90. The fraction of sp³-hybridized carbons (Fsp3) is 0.158. The molecule has 0 radical (unpaired) electrons. The van der Waals surface area contributed by atoms with Gasteiger partial charge in [0.05, 0.1) is 17.2 Å². The Hall–Kier alpha value is -2.77. The molecule has 8 heteroatoms. The van der Waals surface area contributed by atoms with E-state index in [1.807, 2.05) is 47.4 Å². The molecule has 4 aromatic rings. The second kappa shape index (κ2) is 6.44. The summed E-state index contributed by atoms with van der Waals surface area (Å²) in [6.45, 7) is 0.489. The lowest BCUT2D eigenvalue weighted by Gasteiger charge is -2.25. The molecule has 6 nitrogen and oxygen atoms in total. The van der Waals surface area contributed by atoms with Gasteiger partial charge < -0.3 is 4.90 Å². The number of rotatable bonds is 4. The van der Waals surface area contributed by atoms with Crippen molar-refractivity contribution in [3.05, 3.63) is 74.7 Å². The van der Waals surface area contributed by atoms with Gasteiger partial charge in [-0.25, -0.2) is 4.98 Å². The highest BCUT2D eigenvalue weighted by Crippen LogP contribution is 2.38. The van der Waals surface area contributed by atoms with E-state index in [-0.39, 0.29) is 11.9 Å². The SMILES string of the molecule is O=C1c2ccccc2C(Cc2ncsc2Cl)N1Cc1ccc2n[nH]nc2c1. The first-order chi connectivity index (χ1) is 13.2. The van der Waals surface area contributed by atoms with Crippen LogP contribution in [0.2, 0.25) is 4.34 Å². The summed E-state index contributed by atoms with van der Waals surface area (Å²) in [5.74, 6) is 0.0298. The number of hydrogen-bond acceptors (Lipinski definition) is 5. The van der Waals surface area contributed by atoms with E-state index in [0.29, 0.717) is 17.3 Å². The average molecular weight is 396 g/mol. The van der Waals surface area contributed by atoms with Gasteiger partial charge in [0.25, 0.3) is 5.91 Å². The first kappa shape index (κ1) is 16.4. The molecule has 134 valence electrons. The van der Waals surface area contributed by atoms with E-state index in [0.717, 1.165) is 33.4 Å². The first-order valence-corrected chi connectivity index (χ1v) is 9.73. The van der Waals surface area contributed by atoms with E-state index in [4.69, 9.17) is 11.6 Å². The Morgan fingerprint density at radius 2 is 2.00 bits per heavy atom. The lowest BCUT2D eigenvalue weighted by atomic mass is 10.0. The number of amides is 1. The molecule has 1 atom stereocenters. The molecule has 0 saturated carbocycles. The minimum atomic E-state index is -0.0960. The van der Waals surface area contributed by atoms with Gasteiger partial charge in [0.1, 0.15) is 15.4 Å². The zero-order chi connectivity index (χ0) is 18.4. The predicted molar refractivity (Wildman–Crippen MR) is 104 cm³/mol. The van der Waals surface area contributed by atoms with Crippen molar-refractivity contribution in [2.75, 3.05) is 0 Å². The number of aromatic amines is 1. The maximum absolute atomic E-state index is 13.1. The molecule has 0 bridgehead atoms. The maximum Gasteiger partial charge on any atom is 0.255 e. The smallest absolute Gasteiger partial charge is 0.255 e. The van der Waals surface area contributed by atoms with Crippen LogP contribution in [0.5, 0.6) is 0 Å². The van der Waals surface area contributed by atoms with Crippen LogP contribution in [0.4, 0.5) is 0 Å². The van der Waals surface area contributed by atoms with Crippen molar-refractivity contribution in [1.82, 2.24) is 25.3 Å². The van der Waals surface area contributed by atoms with Crippen molar-refractivity contribution in [3.63, 3.8) is 0 Å². The summed E-state index contributed by atoms with van der Waals surface area (Å²) in [4.78, 5) is 19.3. The van der Waals surface area contributed by atoms with Crippen molar-refractivity contribution < 1.29 is 4.79 Å². The van der Waals surface area contributed by atoms with Gasteiger partial charge in [0.15, 0.2) is 0 Å². The van der Waals surface area contributed by atoms with E-state index in [2.05, 4.69) is 20.4 Å². The lowest BCUT2D eigenvalue weighted by molar-refractivity contribution is 0.0708. The molecular formula is C19H14ClN5OS. The summed E-state index contributed by atoms with van der Waals surface area (Å²) in [7, 11) is 0. The Labute approximate surface area is 163 Å². The maximum atomic E-state index is 13.1. The molecule has 1 aliphatic heterocycles. The van der Waals surface area contributed by atoms with Crippen LogP contribution in [0.3, 0.4) is 0 Å². The van der Waals surface area contributed by atoms with Crippen molar-refractivity contribution in [2.24, 2.45) is 0 Å². The summed E-state index contributed by atoms with van der Waals surface area (Å²) < 4.78 is 0.677. The fourth-order valence-electron chi connectivity index (χ4n) is 3.60. The zero-order valence-corrected chi connectivity index (χ0v) is 15.7. The molecule has 1 aliphatic rings. The number of halogens is 1. The number of H-pyrrole nitrogens is 1. The topological polar surface area (TPSA) is 74.8 Å². The van der Waals surface area contributed by atoms with Gasteiger partial charge in [-0.3, -0.25) is 4.79 Å². The Kier molecular flexibility index (Phi) is 3.91. The minimum absolute atomic E-state index is 0.0298. The number of carbonyl (C=O) groups excluding carboxylic acids is 1. The van der Waals surface area contributed by atoms with Gasteiger partial charge in [0.2, 0.25) is 0 Å². The van der Waals surface area contributed by atoms with Gasteiger partial charge >= 0.3 is 0 Å². The lowest BCUT2D eigenvalue weighted by Crippen LogP contribution is -2.29. The molecule has 2 aromatic heterocycles. The van der Waals surface area contributed by atoms with Crippen LogP contribution in [0.15, 0.2) is 48.0 Å². The van der Waals surface area contributed by atoms with E-state index in [1.165, 1.54) is 11.3 Å². The first-order valence-electron chi connectivity index (χ1n) is 8.48. The molecule has 0 fully saturated rings. The molecule has 1 amide bonds. The van der Waals surface area contributed by atoms with E-state index >= 15 is 0 Å². The third kappa shape index (κ3) is 2.79. The molecular weight excluding hydrogens is 382 g/mol. The Balaban J connectivity index is 1.52. The summed E-state index contributed by atoms with van der Waals surface area (Å²) in [6.07, 6.45) is 0.595. The second-order valence-corrected chi connectivity index (χ2v) is 7.92. The van der Waals surface area contributed by atoms with Gasteiger partial charge in [0, 0.05) is 18.5 Å². The molecule has 0 aliphatic carbocycles. The average Bonchev–Trinajstić information content (AvgIpc) is 3.37. The quantitative estimate of drug-likeness (QED) is 0.566. The van der Waals surface area contributed by atoms with Gasteiger partial charge in [-0.2, -0.15) is 15.4 Å². The van der Waals surface area contributed by atoms with Crippen LogP contribution in [0.25, 0.3) is 11.0 Å². The number of aromatic nitrogens is 4. The van der Waals surface area contributed by atoms with Gasteiger partial charge in [-0.05, 0) is 29.3 Å². The standard InChI is InChI=1S/C19H14ClN5OS/c20-18-16(21-10-27-18)8-17-12-3-1-2-4-13(12)19(26)25(17)9-11-5-6-14-15(7-11)23-24-22-14/h1-7,10,17H,8-9H2,(H,22,23,24). The Morgan fingerprint density at radius 1 is 1.15 bits per heavy atom. The van der Waals surface area contributed by atoms with Crippen molar-refractivity contribution >= 4 is 39.9 Å². The van der Waals surface area contributed by atoms with Crippen LogP contribution in [-0.2, 0) is 13.0 Å². The van der Waals surface area contributed by atoms with E-state index in [1.54, 1.807) is 5.51 Å². The molecule has 5 rings (SSSR count). The number of carbonyl (C=O) groups is 1. The zero-order valence-electron chi connectivity index (χ0n) is 14.1. The Bertz CT molecular complexity index is 1150. The third-order valence-corrected chi connectivity index (χ3v) is 6.04. The summed E-state index contributed by atoms with van der Waals surface area (Å²) in [6, 6.07) is 13.5. The second-order valence-electron chi connectivity index (χ2n) is 6.46. The number of nitrogens with zero attached hydrogens (tertiary/aromatic N) is 4. The van der Waals surface area contributed by atoms with Crippen molar-refractivity contribution in [2.45, 2.75) is 19.0 Å². The van der Waals surface area contributed by atoms with Crippen molar-refractivity contribution in [1.29, 1.82) is 0 Å². The van der Waals surface area contributed by atoms with E-state index in [9.17, 15) is 4.79 Å². The molecule has 1 unspecified atom stereocenters. The highest BCUT2D eigenvalue weighted by atomic mass is 35.5. The number of nitrogens with one attached hydrogen (secondary N) is 1. The largest absolute Gasteiger partial charge is 0.327 e. The van der Waals surface area contributed by atoms with Gasteiger partial charge in [-0.15, -0.1) is 11.3 Å². The number of fused-ring (bicyclic) bond motifs is 2. The monoisotopic (exact) mass is 395 g/mol.